The van der Waals surface area contributed by atoms with Crippen LogP contribution in [0.25, 0.3) is 0 Å². The molecule has 1 aromatic rings. The summed E-state index contributed by atoms with van der Waals surface area (Å²) in [7, 11) is -9.03. The Kier molecular flexibility index (Phi) is 4.78. The molecule has 0 spiro atoms. The Morgan fingerprint density at radius 1 is 1.04 bits per heavy atom. The predicted molar refractivity (Wildman–Crippen MR) is 99.7 cm³/mol. The first-order valence-corrected chi connectivity index (χ1v) is 12.1. The van der Waals surface area contributed by atoms with Gasteiger partial charge in [-0.25, -0.2) is 4.18 Å². The Morgan fingerprint density at radius 3 is 2.46 bits per heavy atom. The number of fused-ring (bicyclic) bond motifs is 5. The van der Waals surface area contributed by atoms with Gasteiger partial charge in [0.15, 0.2) is 0 Å². The molecule has 0 aliphatic heterocycles. The Morgan fingerprint density at radius 2 is 1.79 bits per heavy atom. The highest BCUT2D eigenvalue weighted by Gasteiger charge is 2.56. The van der Waals surface area contributed by atoms with Crippen LogP contribution in [-0.4, -0.2) is 32.0 Å². The van der Waals surface area contributed by atoms with Crippen LogP contribution in [0.4, 0.5) is 0 Å². The maximum Gasteiger partial charge on any atom is 0.446 e. The van der Waals surface area contributed by atoms with Gasteiger partial charge in [0.2, 0.25) is 0 Å². The van der Waals surface area contributed by atoms with Crippen molar-refractivity contribution in [3.05, 3.63) is 29.3 Å². The van der Waals surface area contributed by atoms with Crippen molar-refractivity contribution in [1.29, 1.82) is 0 Å². The van der Waals surface area contributed by atoms with Crippen LogP contribution < -0.4 is 4.18 Å². The molecule has 0 aromatic heterocycles. The molecule has 3 aliphatic carbocycles. The van der Waals surface area contributed by atoms with Crippen molar-refractivity contribution < 1.29 is 34.3 Å². The molecule has 0 saturated heterocycles. The Hall–Kier alpha value is -1.20. The van der Waals surface area contributed by atoms with Gasteiger partial charge >= 0.3 is 20.8 Å². The topological polar surface area (TPSA) is 127 Å². The van der Waals surface area contributed by atoms with Gasteiger partial charge in [-0.1, -0.05) is 13.0 Å². The van der Waals surface area contributed by atoms with Gasteiger partial charge < -0.3 is 4.18 Å². The summed E-state index contributed by atoms with van der Waals surface area (Å²) in [5, 5.41) is 0. The van der Waals surface area contributed by atoms with Crippen LogP contribution in [0.2, 0.25) is 0 Å². The molecule has 3 aliphatic rings. The molecule has 0 amide bonds. The lowest BCUT2D eigenvalue weighted by Gasteiger charge is -2.50. The fraction of sp³-hybridized carbons (Fsp3) is 0.667. The van der Waals surface area contributed by atoms with Crippen LogP contribution in [0.15, 0.2) is 18.2 Å². The van der Waals surface area contributed by atoms with E-state index in [2.05, 4.69) is 11.1 Å². The summed E-state index contributed by atoms with van der Waals surface area (Å²) in [4.78, 5) is 0. The van der Waals surface area contributed by atoms with E-state index in [9.17, 15) is 16.8 Å². The van der Waals surface area contributed by atoms with Crippen LogP contribution in [-0.2, 0) is 31.4 Å². The van der Waals surface area contributed by atoms with Gasteiger partial charge in [0.25, 0.3) is 0 Å². The molecule has 4 rings (SSSR count). The molecule has 10 heteroatoms. The minimum atomic E-state index is -4.55. The van der Waals surface area contributed by atoms with Gasteiger partial charge in [0.05, 0.1) is 6.10 Å². The quantitative estimate of drug-likeness (QED) is 0.695. The molecular formula is C18H24O8S2. The molecule has 156 valence electrons. The maximum absolute atomic E-state index is 11.2. The number of hydrogen-bond donors (Lipinski definition) is 2. The predicted octanol–water partition coefficient (Wildman–Crippen LogP) is 2.91. The summed E-state index contributed by atoms with van der Waals surface area (Å²) in [6, 6.07) is 5.10. The molecule has 5 atom stereocenters. The number of benzene rings is 1. The summed E-state index contributed by atoms with van der Waals surface area (Å²) in [6.45, 7) is 2.06. The summed E-state index contributed by atoms with van der Waals surface area (Å²) < 4.78 is 72.0. The molecule has 0 radical (unpaired) electrons. The van der Waals surface area contributed by atoms with Crippen molar-refractivity contribution in [2.75, 3.05) is 0 Å². The minimum Gasteiger partial charge on any atom is -0.362 e. The normalized spacial score (nSPS) is 35.0. The molecule has 8 nitrogen and oxygen atoms in total. The van der Waals surface area contributed by atoms with Crippen molar-refractivity contribution >= 4 is 20.8 Å². The third kappa shape index (κ3) is 3.68. The fourth-order valence-corrected chi connectivity index (χ4v) is 6.95. The van der Waals surface area contributed by atoms with Gasteiger partial charge in [-0.3, -0.25) is 9.11 Å². The molecule has 2 N–H and O–H groups in total. The minimum absolute atomic E-state index is 0.0998. The number of aryl methyl sites for hydroxylation is 1. The molecule has 2 fully saturated rings. The van der Waals surface area contributed by atoms with Gasteiger partial charge in [0.1, 0.15) is 5.75 Å². The van der Waals surface area contributed by atoms with Crippen molar-refractivity contribution in [3.8, 4) is 5.75 Å². The molecule has 0 bridgehead atoms. The lowest BCUT2D eigenvalue weighted by molar-refractivity contribution is -0.0121. The highest BCUT2D eigenvalue weighted by molar-refractivity contribution is 7.81. The highest BCUT2D eigenvalue weighted by atomic mass is 32.3. The van der Waals surface area contributed by atoms with Gasteiger partial charge in [-0.05, 0) is 85.0 Å². The summed E-state index contributed by atoms with van der Waals surface area (Å²) in [5.74, 6) is 1.10. The lowest BCUT2D eigenvalue weighted by atomic mass is 9.55. The van der Waals surface area contributed by atoms with Crippen LogP contribution in [0, 0.1) is 17.3 Å². The molecule has 1 aromatic carbocycles. The third-order valence-electron chi connectivity index (χ3n) is 7.05. The first kappa shape index (κ1) is 20.1. The lowest BCUT2D eigenvalue weighted by Crippen LogP contribution is -2.45. The summed E-state index contributed by atoms with van der Waals surface area (Å²) >= 11 is 0. The Bertz CT molecular complexity index is 987. The van der Waals surface area contributed by atoms with E-state index in [1.165, 1.54) is 5.56 Å². The number of rotatable bonds is 4. The zero-order valence-electron chi connectivity index (χ0n) is 15.4. The molecule has 0 unspecified atom stereocenters. The van der Waals surface area contributed by atoms with Gasteiger partial charge in [-0.15, -0.1) is 0 Å². The second kappa shape index (κ2) is 6.66. The van der Waals surface area contributed by atoms with Crippen molar-refractivity contribution in [3.63, 3.8) is 0 Å². The van der Waals surface area contributed by atoms with Crippen molar-refractivity contribution in [2.24, 2.45) is 17.3 Å². The Labute approximate surface area is 165 Å². The van der Waals surface area contributed by atoms with Crippen LogP contribution in [0.3, 0.4) is 0 Å². The van der Waals surface area contributed by atoms with Gasteiger partial charge in [-0.2, -0.15) is 16.8 Å². The van der Waals surface area contributed by atoms with Crippen LogP contribution >= 0.6 is 0 Å². The van der Waals surface area contributed by atoms with E-state index >= 15 is 0 Å². The molecule has 28 heavy (non-hydrogen) atoms. The second-order valence-corrected chi connectivity index (χ2v) is 10.5. The van der Waals surface area contributed by atoms with Crippen molar-refractivity contribution in [2.45, 2.75) is 57.5 Å². The van der Waals surface area contributed by atoms with Crippen LogP contribution in [0.1, 0.15) is 56.1 Å². The van der Waals surface area contributed by atoms with E-state index in [0.29, 0.717) is 24.2 Å². The highest BCUT2D eigenvalue weighted by Crippen LogP contribution is 2.61. The zero-order chi connectivity index (χ0) is 20.3. The van der Waals surface area contributed by atoms with E-state index in [-0.39, 0.29) is 11.2 Å². The maximum atomic E-state index is 11.2. The third-order valence-corrected chi connectivity index (χ3v) is 7.93. The first-order chi connectivity index (χ1) is 13.0. The van der Waals surface area contributed by atoms with Crippen molar-refractivity contribution in [1.82, 2.24) is 0 Å². The van der Waals surface area contributed by atoms with Gasteiger partial charge in [0, 0.05) is 0 Å². The molecular weight excluding hydrogens is 408 g/mol. The largest absolute Gasteiger partial charge is 0.446 e. The second-order valence-electron chi connectivity index (χ2n) is 8.42. The molecule has 2 saturated carbocycles. The first-order valence-electron chi connectivity index (χ1n) is 9.42. The zero-order valence-corrected chi connectivity index (χ0v) is 17.1. The molecule has 0 heterocycles. The standard InChI is InChI=1S/C18H24O8S2/c1-18-9-8-14-13-5-3-12(25-27(19,20)21)10-11(13)2-4-15(14)16(18)6-7-17(18)26-28(22,23)24/h3,5,10,14-17H,2,4,6-9H2,1H3,(H,19,20,21)(H,22,23,24)/t14-,15-,16+,17+,18+/m1/s1. The summed E-state index contributed by atoms with van der Waals surface area (Å²) in [6.07, 6.45) is 4.30. The Balaban J connectivity index is 1.59. The average molecular weight is 433 g/mol. The van der Waals surface area contributed by atoms with Crippen LogP contribution in [0.5, 0.6) is 5.75 Å². The van der Waals surface area contributed by atoms with E-state index in [4.69, 9.17) is 13.3 Å². The average Bonchev–Trinajstić information content (AvgIpc) is 2.88. The van der Waals surface area contributed by atoms with E-state index in [1.54, 1.807) is 12.1 Å². The monoisotopic (exact) mass is 432 g/mol. The SMILES string of the molecule is C[C@]12CC[C@@H]3c4ccc(OS(=O)(=O)O)cc4CC[C@H]3[C@@H]1CC[C@@H]2OS(=O)(=O)O. The van der Waals surface area contributed by atoms with E-state index in [0.717, 1.165) is 37.7 Å². The smallest absolute Gasteiger partial charge is 0.362 e. The summed E-state index contributed by atoms with van der Waals surface area (Å²) in [5.41, 5.74) is 1.90. The fourth-order valence-electron chi connectivity index (χ4n) is 5.99. The van der Waals surface area contributed by atoms with E-state index in [1.807, 2.05) is 6.07 Å². The number of hydrogen-bond acceptors (Lipinski definition) is 6. The van der Waals surface area contributed by atoms with E-state index < -0.39 is 26.9 Å².